The van der Waals surface area contributed by atoms with Gasteiger partial charge in [0.1, 0.15) is 42.8 Å². The van der Waals surface area contributed by atoms with E-state index in [1.807, 2.05) is 146 Å². The van der Waals surface area contributed by atoms with Gasteiger partial charge in [0.25, 0.3) is 0 Å². The van der Waals surface area contributed by atoms with E-state index in [0.717, 1.165) is 63.3 Å². The number of hydrogen-bond acceptors (Lipinski definition) is 15. The van der Waals surface area contributed by atoms with Crippen LogP contribution in [0.1, 0.15) is 47.9 Å². The molecule has 0 saturated heterocycles. The number of amides is 1. The number of H-pyrrole nitrogens is 1. The number of rotatable bonds is 26. The van der Waals surface area contributed by atoms with E-state index in [4.69, 9.17) is 37.5 Å². The molecule has 21 nitrogen and oxygen atoms in total. The molecule has 0 aliphatic rings. The van der Waals surface area contributed by atoms with Crippen molar-refractivity contribution in [2.45, 2.75) is 40.9 Å². The molecule has 0 radical (unpaired) electrons. The molecule has 22 heteroatoms. The lowest BCUT2D eigenvalue weighted by atomic mass is 10.2. The minimum absolute atomic E-state index is 0. The lowest BCUT2D eigenvalue weighted by molar-refractivity contribution is -0.138. The van der Waals surface area contributed by atoms with Crippen LogP contribution in [0.4, 0.5) is 11.4 Å². The van der Waals surface area contributed by atoms with Crippen molar-refractivity contribution in [1.82, 2.24) is 39.5 Å². The predicted octanol–water partition coefficient (Wildman–Crippen LogP) is 12.4. The van der Waals surface area contributed by atoms with E-state index in [1.54, 1.807) is 95.4 Å². The standard InChI is InChI=1S/C20H20N4O2.C16H18N2O3.C14H14N2O3.C8H9BrO.C8H10N2O2.CH4.2H2/c21-18-8-4-5-9-19(18)23-20(25)11-10-16-14-22-24(15-16)12-13-26-17-6-2-1-3-7-17;1-2-20-16(19)9-8-14-12-17-18(13-14)10-11-21-15-6-4-3-5-7-15;17-14(18)7-6-12-10-15-16(11-12)8-9-19-13-4-2-1-3-5-13;9-6-7-10-8-4-2-1-3-5-8;1-2-12-8(11)4-3-7-5-9-10-6-7;;;/h1-11,14-15H,12-13,21H2,(H,23,25);3-9,12-13H,2,10-11H2,1H3;1-7,10-11H,8-9H2,(H,17,18);1-5H,6-7H2;3-6H,2H2,1H3,(H,9,10);1H4;2*1H/b11-10+;9-8+;7-6+;;4-3+;;;/i;;;;;;1+1D;1+1. The molecule has 470 valence electrons. The number of nitrogen functional groups attached to an aromatic ring is 1. The quantitative estimate of drug-likeness (QED) is 0.0170. The van der Waals surface area contributed by atoms with Crippen LogP contribution in [-0.2, 0) is 48.3 Å². The average molecular weight is 1280 g/mol. The van der Waals surface area contributed by atoms with Gasteiger partial charge < -0.3 is 44.6 Å². The molecular weight excluding hydrogens is 1200 g/mol. The number of ether oxygens (including phenoxy) is 6. The average Bonchev–Trinajstić information content (AvgIpc) is 3.02. The van der Waals surface area contributed by atoms with Crippen LogP contribution in [0.3, 0.4) is 0 Å². The van der Waals surface area contributed by atoms with Crippen molar-refractivity contribution in [2.24, 2.45) is 0 Å². The van der Waals surface area contributed by atoms with Crippen molar-refractivity contribution in [2.75, 3.05) is 56.0 Å². The molecule has 0 bridgehead atoms. The number of nitrogens with one attached hydrogen (secondary N) is 2. The molecule has 0 aliphatic heterocycles. The second-order valence-corrected chi connectivity index (χ2v) is 18.5. The van der Waals surface area contributed by atoms with Gasteiger partial charge in [-0.25, -0.2) is 14.4 Å². The molecule has 0 atom stereocenters. The Morgan fingerprint density at radius 3 is 1.28 bits per heavy atom. The summed E-state index contributed by atoms with van der Waals surface area (Å²) in [5.74, 6) is 1.52. The lowest BCUT2D eigenvalue weighted by Crippen LogP contribution is -2.09. The first-order chi connectivity index (χ1) is 44.0. The highest BCUT2D eigenvalue weighted by molar-refractivity contribution is 9.09. The summed E-state index contributed by atoms with van der Waals surface area (Å²) in [5, 5.41) is 31.1. The van der Waals surface area contributed by atoms with Crippen molar-refractivity contribution in [1.29, 1.82) is 0 Å². The SMILES string of the molecule is BrCCOc1ccccc1.C.CCOC(=O)/C=C/c1cn[nH]c1.CCOC(=O)/C=C/c1cnn(CCOc2ccccc2)c1.Nc1ccccc1NC(=O)/C=C/c1cnn(CCOc2ccccc2)c1.O=C(O)/C=C/c1cnn(CCOc2ccccc2)c1.[2HH].[2H][2H]. The summed E-state index contributed by atoms with van der Waals surface area (Å²) in [7, 11) is 0. The first kappa shape index (κ1) is 69.0. The van der Waals surface area contributed by atoms with Crippen LogP contribution in [0, 0.1) is 0 Å². The summed E-state index contributed by atoms with van der Waals surface area (Å²) in [4.78, 5) is 44.3. The molecule has 89 heavy (non-hydrogen) atoms. The number of aromatic nitrogens is 8. The minimum atomic E-state index is -0.972. The smallest absolute Gasteiger partial charge is 0.330 e. The maximum atomic E-state index is 12.0. The fourth-order valence-corrected chi connectivity index (χ4v) is 7.11. The number of nitrogens with zero attached hydrogens (tertiary/aromatic N) is 7. The Kier molecular flexibility index (Phi) is 33.3. The molecule has 9 aromatic rings. The predicted molar refractivity (Wildman–Crippen MR) is 354 cm³/mol. The van der Waals surface area contributed by atoms with Gasteiger partial charge in [0.15, 0.2) is 0 Å². The molecular formula is C67H79BrN10O11. The number of halogens is 1. The normalized spacial score (nSPS) is 10.5. The number of carbonyl (C=O) groups is 4. The summed E-state index contributed by atoms with van der Waals surface area (Å²) in [6, 6.07) is 45.7. The highest BCUT2D eigenvalue weighted by atomic mass is 79.9. The molecule has 1 amide bonds. The zero-order valence-corrected chi connectivity index (χ0v) is 50.4. The summed E-state index contributed by atoms with van der Waals surface area (Å²) >= 11 is 3.28. The van der Waals surface area contributed by atoms with Gasteiger partial charge in [-0.3, -0.25) is 23.9 Å². The topological polar surface area (TPSA) is 264 Å². The fraction of sp³-hybridized carbons (Fsp3) is 0.194. The Morgan fingerprint density at radius 1 is 0.539 bits per heavy atom. The molecule has 5 aromatic carbocycles. The number of carbonyl (C=O) groups excluding carboxylic acids is 3. The van der Waals surface area contributed by atoms with Gasteiger partial charge in [-0.2, -0.15) is 20.4 Å². The molecule has 0 unspecified atom stereocenters. The number of anilines is 2. The van der Waals surface area contributed by atoms with Gasteiger partial charge in [0.05, 0.1) is 75.6 Å². The van der Waals surface area contributed by atoms with E-state index < -0.39 is 5.97 Å². The first-order valence-electron chi connectivity index (χ1n) is 28.8. The maximum absolute atomic E-state index is 12.0. The van der Waals surface area contributed by atoms with E-state index in [0.29, 0.717) is 64.0 Å². The summed E-state index contributed by atoms with van der Waals surface area (Å²) in [6.07, 6.45) is 25.6. The highest BCUT2D eigenvalue weighted by Gasteiger charge is 2.04. The Balaban J connectivity index is 0.000000400. The molecule has 0 spiro atoms. The fourth-order valence-electron chi connectivity index (χ4n) is 6.94. The Morgan fingerprint density at radius 2 is 0.910 bits per heavy atom. The molecule has 4 heterocycles. The van der Waals surface area contributed by atoms with Crippen LogP contribution in [0.15, 0.2) is 219 Å². The van der Waals surface area contributed by atoms with Crippen LogP contribution in [0.5, 0.6) is 23.0 Å². The Labute approximate surface area is 531 Å². The largest absolute Gasteiger partial charge is 0.493 e. The molecule has 9 rings (SSSR count). The van der Waals surface area contributed by atoms with Crippen molar-refractivity contribution in [3.8, 4) is 23.0 Å². The summed E-state index contributed by atoms with van der Waals surface area (Å²) in [5.41, 5.74) is 10.2. The first-order valence-corrected chi connectivity index (χ1v) is 28.9. The number of carboxylic acid groups (broad SMARTS) is 1. The number of nitrogens with two attached hydrogens (primary N) is 1. The number of carboxylic acids is 1. The zero-order chi connectivity index (χ0) is 64.7. The van der Waals surface area contributed by atoms with E-state index in [2.05, 4.69) is 51.5 Å². The van der Waals surface area contributed by atoms with Gasteiger partial charge in [-0.05, 0) is 98.8 Å². The Hall–Kier alpha value is -10.7. The number of hydrogen-bond donors (Lipinski definition) is 4. The van der Waals surface area contributed by atoms with E-state index >= 15 is 0 Å². The third-order valence-corrected chi connectivity index (χ3v) is 11.3. The van der Waals surface area contributed by atoms with Gasteiger partial charge in [0, 0.05) is 81.1 Å². The van der Waals surface area contributed by atoms with Gasteiger partial charge in [-0.15, -0.1) is 0 Å². The second-order valence-electron chi connectivity index (χ2n) is 17.7. The van der Waals surface area contributed by atoms with E-state index in [9.17, 15) is 19.2 Å². The number of para-hydroxylation sites is 6. The molecule has 5 N–H and O–H groups in total. The van der Waals surface area contributed by atoms with Crippen LogP contribution >= 0.6 is 15.9 Å². The summed E-state index contributed by atoms with van der Waals surface area (Å²) < 4.78 is 46.8. The van der Waals surface area contributed by atoms with Crippen LogP contribution in [-0.4, -0.2) is 113 Å². The Bertz CT molecular complexity index is 3520. The minimum Gasteiger partial charge on any atom is -0.493 e. The third kappa shape index (κ3) is 31.3. The van der Waals surface area contributed by atoms with Crippen molar-refractivity contribution in [3.05, 3.63) is 242 Å². The number of benzene rings is 5. The van der Waals surface area contributed by atoms with E-state index in [-0.39, 0.29) is 26.7 Å². The number of aromatic amines is 1. The van der Waals surface area contributed by atoms with Crippen molar-refractivity contribution in [3.63, 3.8) is 0 Å². The van der Waals surface area contributed by atoms with Crippen LogP contribution in [0.25, 0.3) is 24.3 Å². The maximum Gasteiger partial charge on any atom is 0.330 e. The zero-order valence-electron chi connectivity index (χ0n) is 50.8. The van der Waals surface area contributed by atoms with Gasteiger partial charge in [-0.1, -0.05) is 108 Å². The van der Waals surface area contributed by atoms with Gasteiger partial charge in [0.2, 0.25) is 5.91 Å². The molecule has 0 aliphatic carbocycles. The number of aliphatic carboxylic acids is 1. The molecule has 0 saturated carbocycles. The van der Waals surface area contributed by atoms with E-state index in [1.165, 1.54) is 24.3 Å². The molecule has 0 fully saturated rings. The third-order valence-electron chi connectivity index (χ3n) is 11.0. The van der Waals surface area contributed by atoms with Crippen molar-refractivity contribution >= 4 is 75.4 Å². The van der Waals surface area contributed by atoms with Crippen LogP contribution in [0.2, 0.25) is 0 Å². The monoisotopic (exact) mass is 1280 g/mol. The van der Waals surface area contributed by atoms with Crippen LogP contribution < -0.4 is 30.0 Å². The number of alkyl halides is 1. The molecule has 4 aromatic heterocycles. The number of esters is 2. The van der Waals surface area contributed by atoms with Crippen molar-refractivity contribution < 1.29 is 57.1 Å². The summed E-state index contributed by atoms with van der Waals surface area (Å²) in [6.45, 7) is 8.47. The second kappa shape index (κ2) is 43.0. The van der Waals surface area contributed by atoms with Gasteiger partial charge >= 0.3 is 17.9 Å². The highest BCUT2D eigenvalue weighted by Crippen LogP contribution is 2.17. The lowest BCUT2D eigenvalue weighted by Gasteiger charge is -2.05.